The highest BCUT2D eigenvalue weighted by molar-refractivity contribution is 7.90. The first kappa shape index (κ1) is 9.59. The van der Waals surface area contributed by atoms with Crippen molar-refractivity contribution in [3.8, 4) is 0 Å². The molecule has 1 amide bonds. The number of nitrogens with zero attached hydrogens (tertiary/aromatic N) is 2. The van der Waals surface area contributed by atoms with Crippen LogP contribution < -0.4 is 0 Å². The van der Waals surface area contributed by atoms with Gasteiger partial charge in [0.1, 0.15) is 4.90 Å². The molecule has 15 heavy (non-hydrogen) atoms. The van der Waals surface area contributed by atoms with E-state index in [-0.39, 0.29) is 14.9 Å². The number of nitro groups is 1. The number of sulfonamides is 1. The number of hydrogen-bond donors (Lipinski definition) is 0. The molecular weight excluding hydrogens is 224 g/mol. The molecule has 0 atom stereocenters. The molecule has 0 saturated heterocycles. The van der Waals surface area contributed by atoms with Gasteiger partial charge in [-0.3, -0.25) is 4.79 Å². The maximum Gasteiger partial charge on any atom is 0.334 e. The Morgan fingerprint density at radius 3 is 2.40 bits per heavy atom. The quantitative estimate of drug-likeness (QED) is 0.498. The molecule has 0 aliphatic carbocycles. The SMILES string of the molecule is O=C1c2ccccc2S(=O)(=O)N1[N+](=O)[O-]. The van der Waals surface area contributed by atoms with Crippen LogP contribution in [0.2, 0.25) is 0 Å². The van der Waals surface area contributed by atoms with Crippen molar-refractivity contribution in [1.29, 1.82) is 0 Å². The zero-order chi connectivity index (χ0) is 11.2. The van der Waals surface area contributed by atoms with Crippen LogP contribution in [-0.4, -0.2) is 23.8 Å². The van der Waals surface area contributed by atoms with Crippen LogP contribution in [0.1, 0.15) is 10.4 Å². The summed E-state index contributed by atoms with van der Waals surface area (Å²) in [6.07, 6.45) is 0. The Kier molecular flexibility index (Phi) is 1.77. The molecule has 1 heterocycles. The van der Waals surface area contributed by atoms with Crippen LogP contribution in [0.4, 0.5) is 0 Å². The minimum Gasteiger partial charge on any atom is -0.261 e. The molecule has 1 aliphatic rings. The van der Waals surface area contributed by atoms with Gasteiger partial charge in [-0.05, 0) is 12.1 Å². The van der Waals surface area contributed by atoms with Crippen molar-refractivity contribution in [3.05, 3.63) is 39.9 Å². The normalized spacial score (nSPS) is 17.6. The molecule has 2 rings (SSSR count). The van der Waals surface area contributed by atoms with Crippen LogP contribution in [0.5, 0.6) is 0 Å². The van der Waals surface area contributed by atoms with Crippen LogP contribution in [-0.2, 0) is 10.0 Å². The second-order valence-electron chi connectivity index (χ2n) is 2.79. The van der Waals surface area contributed by atoms with Crippen LogP contribution >= 0.6 is 0 Å². The molecule has 1 aromatic rings. The fraction of sp³-hybridized carbons (Fsp3) is 0. The molecule has 0 aromatic heterocycles. The number of carbonyl (C=O) groups excluding carboxylic acids is 1. The number of carbonyl (C=O) groups is 1. The molecular formula is C7H4N2O5S. The maximum absolute atomic E-state index is 11.5. The molecule has 7 nitrogen and oxygen atoms in total. The standard InChI is InChI=1S/C7H4N2O5S/c10-7-5-3-1-2-4-6(5)15(13,14)8(7)9(11)12/h1-4H. The van der Waals surface area contributed by atoms with Gasteiger partial charge in [-0.15, -0.1) is 0 Å². The Morgan fingerprint density at radius 1 is 1.27 bits per heavy atom. The lowest BCUT2D eigenvalue weighted by Gasteiger charge is -2.01. The molecule has 0 spiro atoms. The van der Waals surface area contributed by atoms with E-state index < -0.39 is 21.0 Å². The number of fused-ring (bicyclic) bond motifs is 1. The van der Waals surface area contributed by atoms with Crippen molar-refractivity contribution in [2.24, 2.45) is 0 Å². The summed E-state index contributed by atoms with van der Waals surface area (Å²) < 4.78 is 22.6. The summed E-state index contributed by atoms with van der Waals surface area (Å²) in [6, 6.07) is 5.23. The number of hydrogen-bond acceptors (Lipinski definition) is 5. The van der Waals surface area contributed by atoms with Gasteiger partial charge in [0, 0.05) is 0 Å². The van der Waals surface area contributed by atoms with E-state index in [1.807, 2.05) is 0 Å². The van der Waals surface area contributed by atoms with Gasteiger partial charge >= 0.3 is 15.9 Å². The van der Waals surface area contributed by atoms with E-state index in [0.717, 1.165) is 6.07 Å². The van der Waals surface area contributed by atoms with E-state index in [2.05, 4.69) is 0 Å². The topological polar surface area (TPSA) is 97.6 Å². The third kappa shape index (κ3) is 1.11. The van der Waals surface area contributed by atoms with Crippen LogP contribution in [0, 0.1) is 10.1 Å². The first-order chi connectivity index (χ1) is 6.96. The molecule has 0 N–H and O–H groups in total. The van der Waals surface area contributed by atoms with Gasteiger partial charge in [0.2, 0.25) is 0 Å². The van der Waals surface area contributed by atoms with Crippen molar-refractivity contribution in [2.45, 2.75) is 4.90 Å². The minimum atomic E-state index is -4.31. The minimum absolute atomic E-state index is 0.172. The predicted molar refractivity (Wildman–Crippen MR) is 46.8 cm³/mol. The summed E-state index contributed by atoms with van der Waals surface area (Å²) in [4.78, 5) is 21.5. The first-order valence-corrected chi connectivity index (χ1v) is 5.23. The summed E-state index contributed by atoms with van der Waals surface area (Å²) in [5, 5.41) is 9.19. The molecule has 1 aromatic carbocycles. The summed E-state index contributed by atoms with van der Waals surface area (Å²) >= 11 is 0. The van der Waals surface area contributed by atoms with Crippen molar-refractivity contribution in [2.75, 3.05) is 0 Å². The van der Waals surface area contributed by atoms with Crippen LogP contribution in [0.3, 0.4) is 0 Å². The third-order valence-electron chi connectivity index (χ3n) is 1.95. The van der Waals surface area contributed by atoms with E-state index in [1.165, 1.54) is 18.2 Å². The van der Waals surface area contributed by atoms with Crippen molar-refractivity contribution in [3.63, 3.8) is 0 Å². The fourth-order valence-electron chi connectivity index (χ4n) is 1.34. The molecule has 1 aliphatic heterocycles. The number of amides is 1. The van der Waals surface area contributed by atoms with E-state index in [4.69, 9.17) is 0 Å². The van der Waals surface area contributed by atoms with Gasteiger partial charge < -0.3 is 0 Å². The smallest absolute Gasteiger partial charge is 0.261 e. The number of hydrazine groups is 1. The Balaban J connectivity index is 2.77. The first-order valence-electron chi connectivity index (χ1n) is 3.79. The average Bonchev–Trinajstić information content (AvgIpc) is 2.36. The Labute approximate surface area is 84.1 Å². The Hall–Kier alpha value is -1.96. The second kappa shape index (κ2) is 2.76. The number of benzene rings is 1. The van der Waals surface area contributed by atoms with Crippen LogP contribution in [0.25, 0.3) is 0 Å². The lowest BCUT2D eigenvalue weighted by Crippen LogP contribution is -2.35. The predicted octanol–water partition coefficient (Wildman–Crippen LogP) is 0.0228. The molecule has 0 bridgehead atoms. The summed E-state index contributed by atoms with van der Waals surface area (Å²) in [5.41, 5.74) is -0.172. The van der Waals surface area contributed by atoms with E-state index in [9.17, 15) is 23.3 Å². The molecule has 0 saturated carbocycles. The highest BCUT2D eigenvalue weighted by Gasteiger charge is 2.49. The van der Waals surface area contributed by atoms with Gasteiger partial charge in [0.05, 0.1) is 9.98 Å². The highest BCUT2D eigenvalue weighted by atomic mass is 32.2. The summed E-state index contributed by atoms with van der Waals surface area (Å²) in [7, 11) is -4.31. The lowest BCUT2D eigenvalue weighted by atomic mass is 10.2. The monoisotopic (exact) mass is 228 g/mol. The van der Waals surface area contributed by atoms with Gasteiger partial charge in [-0.2, -0.15) is 8.42 Å². The largest absolute Gasteiger partial charge is 0.334 e. The van der Waals surface area contributed by atoms with Crippen molar-refractivity contribution in [1.82, 2.24) is 4.41 Å². The average molecular weight is 228 g/mol. The maximum atomic E-state index is 11.5. The Morgan fingerprint density at radius 2 is 1.87 bits per heavy atom. The summed E-state index contributed by atoms with van der Waals surface area (Å²) in [5.74, 6) is -1.13. The van der Waals surface area contributed by atoms with Crippen LogP contribution in [0.15, 0.2) is 29.2 Å². The van der Waals surface area contributed by atoms with Gasteiger partial charge in [-0.25, -0.2) is 10.1 Å². The molecule has 0 radical (unpaired) electrons. The lowest BCUT2D eigenvalue weighted by molar-refractivity contribution is -0.597. The summed E-state index contributed by atoms with van der Waals surface area (Å²) in [6.45, 7) is 0. The van der Waals surface area contributed by atoms with E-state index in [0.29, 0.717) is 0 Å². The van der Waals surface area contributed by atoms with Crippen molar-refractivity contribution < 1.29 is 18.2 Å². The number of rotatable bonds is 1. The van der Waals surface area contributed by atoms with E-state index in [1.54, 1.807) is 0 Å². The van der Waals surface area contributed by atoms with Gasteiger partial charge in [0.25, 0.3) is 0 Å². The highest BCUT2D eigenvalue weighted by Crippen LogP contribution is 2.29. The zero-order valence-corrected chi connectivity index (χ0v) is 7.97. The third-order valence-corrected chi connectivity index (χ3v) is 3.61. The molecule has 0 fully saturated rings. The molecule has 0 unspecified atom stereocenters. The Bertz CT molecular complexity index is 564. The van der Waals surface area contributed by atoms with Gasteiger partial charge in [-0.1, -0.05) is 12.1 Å². The fourth-order valence-corrected chi connectivity index (χ4v) is 2.70. The van der Waals surface area contributed by atoms with E-state index >= 15 is 0 Å². The second-order valence-corrected chi connectivity index (χ2v) is 4.52. The van der Waals surface area contributed by atoms with Crippen molar-refractivity contribution >= 4 is 15.9 Å². The molecule has 8 heteroatoms. The van der Waals surface area contributed by atoms with Gasteiger partial charge in [0.15, 0.2) is 5.03 Å². The zero-order valence-electron chi connectivity index (χ0n) is 7.15. The molecule has 78 valence electrons.